The highest BCUT2D eigenvalue weighted by Gasteiger charge is 2.26. The molecule has 1 fully saturated rings. The summed E-state index contributed by atoms with van der Waals surface area (Å²) in [4.78, 5) is 14.4. The summed E-state index contributed by atoms with van der Waals surface area (Å²) in [6.07, 6.45) is 2.44. The lowest BCUT2D eigenvalue weighted by Crippen LogP contribution is -2.51. The summed E-state index contributed by atoms with van der Waals surface area (Å²) in [7, 11) is 0. The zero-order valence-corrected chi connectivity index (χ0v) is 14.3. The molecule has 0 aromatic heterocycles. The number of nitrogens with zero attached hydrogens (tertiary/aromatic N) is 1. The van der Waals surface area contributed by atoms with Gasteiger partial charge in [-0.2, -0.15) is 0 Å². The lowest BCUT2D eigenvalue weighted by Gasteiger charge is -2.34. The average Bonchev–Trinajstić information content (AvgIpc) is 2.55. The third kappa shape index (κ3) is 4.37. The molecule has 0 radical (unpaired) electrons. The Morgan fingerprint density at radius 3 is 3.04 bits per heavy atom. The van der Waals surface area contributed by atoms with E-state index in [2.05, 4.69) is 6.07 Å². The maximum atomic E-state index is 12.5. The summed E-state index contributed by atoms with van der Waals surface area (Å²) in [5.74, 6) is 1.11. The molecule has 2 atom stereocenters. The topological polar surface area (TPSA) is 64.8 Å². The second-order valence-electron chi connectivity index (χ2n) is 6.18. The van der Waals surface area contributed by atoms with Crippen LogP contribution in [0, 0.1) is 0 Å². The molecule has 6 heteroatoms. The molecular formula is C17H25ClN2O3. The average molecular weight is 341 g/mol. The van der Waals surface area contributed by atoms with Crippen LogP contribution in [0.4, 0.5) is 0 Å². The number of hydrogen-bond acceptors (Lipinski definition) is 4. The van der Waals surface area contributed by atoms with E-state index >= 15 is 0 Å². The van der Waals surface area contributed by atoms with Crippen LogP contribution in [-0.2, 0) is 22.4 Å². The highest BCUT2D eigenvalue weighted by Crippen LogP contribution is 2.26. The fourth-order valence-electron chi connectivity index (χ4n) is 3.03. The van der Waals surface area contributed by atoms with Crippen LogP contribution < -0.4 is 10.5 Å². The number of benzene rings is 1. The van der Waals surface area contributed by atoms with Gasteiger partial charge < -0.3 is 20.1 Å². The van der Waals surface area contributed by atoms with Gasteiger partial charge in [0.25, 0.3) is 0 Å². The van der Waals surface area contributed by atoms with Crippen molar-refractivity contribution < 1.29 is 14.3 Å². The number of amides is 1. The number of nitrogens with two attached hydrogens (primary N) is 1. The van der Waals surface area contributed by atoms with E-state index in [9.17, 15) is 4.79 Å². The summed E-state index contributed by atoms with van der Waals surface area (Å²) < 4.78 is 11.2. The van der Waals surface area contributed by atoms with Gasteiger partial charge in [0.1, 0.15) is 5.75 Å². The molecule has 2 N–H and O–H groups in total. The minimum atomic E-state index is -0.0605. The second kappa shape index (κ2) is 7.99. The number of ether oxygens (including phenoxy) is 2. The van der Waals surface area contributed by atoms with E-state index in [1.54, 1.807) is 0 Å². The van der Waals surface area contributed by atoms with E-state index in [0.29, 0.717) is 26.1 Å². The van der Waals surface area contributed by atoms with Gasteiger partial charge in [-0.25, -0.2) is 0 Å². The number of carbonyl (C=O) groups excluding carboxylic acids is 1. The zero-order valence-electron chi connectivity index (χ0n) is 13.5. The van der Waals surface area contributed by atoms with Gasteiger partial charge in [-0.15, -0.1) is 12.4 Å². The second-order valence-corrected chi connectivity index (χ2v) is 6.18. The maximum absolute atomic E-state index is 12.5. The van der Waals surface area contributed by atoms with Crippen molar-refractivity contribution in [2.75, 3.05) is 26.3 Å². The highest BCUT2D eigenvalue weighted by molar-refractivity contribution is 5.85. The summed E-state index contributed by atoms with van der Waals surface area (Å²) in [6, 6.07) is 6.03. The summed E-state index contributed by atoms with van der Waals surface area (Å²) in [5, 5.41) is 0. The molecule has 2 aliphatic heterocycles. The van der Waals surface area contributed by atoms with Crippen molar-refractivity contribution in [2.45, 2.75) is 38.3 Å². The van der Waals surface area contributed by atoms with Gasteiger partial charge in [-0.1, -0.05) is 12.1 Å². The van der Waals surface area contributed by atoms with Crippen molar-refractivity contribution in [3.05, 3.63) is 29.3 Å². The van der Waals surface area contributed by atoms with Crippen molar-refractivity contribution in [1.82, 2.24) is 4.90 Å². The van der Waals surface area contributed by atoms with E-state index in [-0.39, 0.29) is 30.5 Å². The lowest BCUT2D eigenvalue weighted by molar-refractivity contribution is -0.138. The van der Waals surface area contributed by atoms with Crippen LogP contribution in [0.25, 0.3) is 0 Å². The molecule has 3 rings (SSSR count). The predicted octanol–water partition coefficient (Wildman–Crippen LogP) is 1.55. The summed E-state index contributed by atoms with van der Waals surface area (Å²) in [5.41, 5.74) is 8.15. The Morgan fingerprint density at radius 1 is 1.43 bits per heavy atom. The summed E-state index contributed by atoms with van der Waals surface area (Å²) >= 11 is 0. The van der Waals surface area contributed by atoms with Gasteiger partial charge in [0.15, 0.2) is 0 Å². The normalized spacial score (nSPS) is 21.7. The molecule has 2 unspecified atom stereocenters. The molecule has 1 saturated heterocycles. The monoisotopic (exact) mass is 340 g/mol. The molecule has 0 aliphatic carbocycles. The minimum absolute atomic E-state index is 0. The van der Waals surface area contributed by atoms with E-state index < -0.39 is 0 Å². The van der Waals surface area contributed by atoms with Gasteiger partial charge >= 0.3 is 0 Å². The summed E-state index contributed by atoms with van der Waals surface area (Å²) in [6.45, 7) is 4.51. The van der Waals surface area contributed by atoms with E-state index in [1.807, 2.05) is 24.0 Å². The van der Waals surface area contributed by atoms with Crippen LogP contribution in [0.1, 0.15) is 24.5 Å². The standard InChI is InChI=1S/C17H24N2O3.ClH/c1-12(18)16-11-19(6-8-22-16)17(20)10-13-4-5-15-14(9-13)3-2-7-21-15;/h4-5,9,12,16H,2-3,6-8,10-11,18H2,1H3;1H. The highest BCUT2D eigenvalue weighted by atomic mass is 35.5. The Balaban J connectivity index is 0.00000192. The lowest BCUT2D eigenvalue weighted by atomic mass is 10.0. The van der Waals surface area contributed by atoms with Crippen LogP contribution in [0.5, 0.6) is 5.75 Å². The van der Waals surface area contributed by atoms with E-state index in [1.165, 1.54) is 5.56 Å². The maximum Gasteiger partial charge on any atom is 0.227 e. The van der Waals surface area contributed by atoms with E-state index in [4.69, 9.17) is 15.2 Å². The first-order chi connectivity index (χ1) is 10.6. The number of aryl methyl sites for hydroxylation is 1. The molecular weight excluding hydrogens is 316 g/mol. The van der Waals surface area contributed by atoms with Gasteiger partial charge in [-0.3, -0.25) is 4.79 Å². The number of carbonyl (C=O) groups is 1. The van der Waals surface area contributed by atoms with Crippen molar-refractivity contribution in [3.63, 3.8) is 0 Å². The first kappa shape index (κ1) is 18.0. The number of fused-ring (bicyclic) bond motifs is 1. The molecule has 0 spiro atoms. The van der Waals surface area contributed by atoms with Crippen molar-refractivity contribution >= 4 is 18.3 Å². The van der Waals surface area contributed by atoms with Crippen LogP contribution >= 0.6 is 12.4 Å². The van der Waals surface area contributed by atoms with Gasteiger partial charge in [-0.05, 0) is 37.0 Å². The van der Waals surface area contributed by atoms with Gasteiger partial charge in [0, 0.05) is 19.1 Å². The van der Waals surface area contributed by atoms with Crippen molar-refractivity contribution in [2.24, 2.45) is 5.73 Å². The predicted molar refractivity (Wildman–Crippen MR) is 91.2 cm³/mol. The van der Waals surface area contributed by atoms with Crippen LogP contribution in [0.2, 0.25) is 0 Å². The first-order valence-electron chi connectivity index (χ1n) is 8.03. The quantitative estimate of drug-likeness (QED) is 0.906. The fraction of sp³-hybridized carbons (Fsp3) is 0.588. The first-order valence-corrected chi connectivity index (χ1v) is 8.03. The number of morpholine rings is 1. The van der Waals surface area contributed by atoms with Crippen LogP contribution in [0.15, 0.2) is 18.2 Å². The van der Waals surface area contributed by atoms with Crippen molar-refractivity contribution in [3.8, 4) is 5.75 Å². The Morgan fingerprint density at radius 2 is 2.26 bits per heavy atom. The molecule has 23 heavy (non-hydrogen) atoms. The van der Waals surface area contributed by atoms with Gasteiger partial charge in [0.2, 0.25) is 5.91 Å². The molecule has 1 aromatic rings. The number of hydrogen-bond donors (Lipinski definition) is 1. The zero-order chi connectivity index (χ0) is 15.5. The molecule has 2 aliphatic rings. The molecule has 5 nitrogen and oxygen atoms in total. The third-order valence-corrected chi connectivity index (χ3v) is 4.36. The van der Waals surface area contributed by atoms with Crippen LogP contribution in [0.3, 0.4) is 0 Å². The molecule has 0 saturated carbocycles. The fourth-order valence-corrected chi connectivity index (χ4v) is 3.03. The smallest absolute Gasteiger partial charge is 0.227 e. The SMILES string of the molecule is CC(N)C1CN(C(=O)Cc2ccc3c(c2)CCCO3)CCO1.Cl. The van der Waals surface area contributed by atoms with Crippen molar-refractivity contribution in [1.29, 1.82) is 0 Å². The third-order valence-electron chi connectivity index (χ3n) is 4.36. The molecule has 2 heterocycles. The Bertz CT molecular complexity index is 551. The molecule has 1 amide bonds. The molecule has 0 bridgehead atoms. The largest absolute Gasteiger partial charge is 0.493 e. The molecule has 128 valence electrons. The van der Waals surface area contributed by atoms with E-state index in [0.717, 1.165) is 30.8 Å². The Labute approximate surface area is 143 Å². The van der Waals surface area contributed by atoms with Gasteiger partial charge in [0.05, 0.1) is 25.7 Å². The van der Waals surface area contributed by atoms with Crippen LogP contribution in [-0.4, -0.2) is 49.3 Å². The molecule has 1 aromatic carbocycles. The number of rotatable bonds is 3. The number of halogens is 1. The minimum Gasteiger partial charge on any atom is -0.493 e. The Kier molecular flexibility index (Phi) is 6.27. The Hall–Kier alpha value is -1.30.